The second-order valence-corrected chi connectivity index (χ2v) is 4.13. The lowest BCUT2D eigenvalue weighted by Crippen LogP contribution is -1.95. The van der Waals surface area contributed by atoms with Gasteiger partial charge in [-0.25, -0.2) is 9.50 Å². The maximum Gasteiger partial charge on any atom is 0.158 e. The molecule has 0 atom stereocenters. The van der Waals surface area contributed by atoms with Gasteiger partial charge in [0.2, 0.25) is 0 Å². The Kier molecular flexibility index (Phi) is 2.37. The van der Waals surface area contributed by atoms with Crippen LogP contribution in [0.25, 0.3) is 5.65 Å². The number of rotatable bonds is 2. The van der Waals surface area contributed by atoms with Crippen LogP contribution in [0.3, 0.4) is 0 Å². The summed E-state index contributed by atoms with van der Waals surface area (Å²) in [7, 11) is 0. The summed E-state index contributed by atoms with van der Waals surface area (Å²) < 4.78 is 1.64. The third-order valence-electron chi connectivity index (χ3n) is 2.82. The zero-order chi connectivity index (χ0) is 12.5. The van der Waals surface area contributed by atoms with Gasteiger partial charge in [-0.2, -0.15) is 5.10 Å². The third-order valence-corrected chi connectivity index (χ3v) is 2.82. The molecule has 0 spiro atoms. The summed E-state index contributed by atoms with van der Waals surface area (Å²) >= 11 is 0. The van der Waals surface area contributed by atoms with Gasteiger partial charge in [-0.05, 0) is 11.6 Å². The largest absolute Gasteiger partial charge is 0.508 e. The van der Waals surface area contributed by atoms with E-state index in [1.807, 2.05) is 12.1 Å². The topological polar surface area (TPSA) is 76.4 Å². The summed E-state index contributed by atoms with van der Waals surface area (Å²) in [6.45, 7) is 0. The Morgan fingerprint density at radius 2 is 2.00 bits per heavy atom. The monoisotopic (exact) mass is 240 g/mol. The molecule has 0 radical (unpaired) electrons. The van der Waals surface area contributed by atoms with Crippen LogP contribution in [0.1, 0.15) is 11.1 Å². The fourth-order valence-electron chi connectivity index (χ4n) is 1.93. The lowest BCUT2D eigenvalue weighted by atomic mass is 10.1. The van der Waals surface area contributed by atoms with E-state index >= 15 is 0 Å². The van der Waals surface area contributed by atoms with E-state index in [0.717, 1.165) is 16.8 Å². The highest BCUT2D eigenvalue weighted by atomic mass is 16.3. The Labute approximate surface area is 104 Å². The number of aromatic nitrogens is 3. The minimum absolute atomic E-state index is 0.285. The predicted molar refractivity (Wildman–Crippen MR) is 68.3 cm³/mol. The van der Waals surface area contributed by atoms with Crippen LogP contribution in [0.5, 0.6) is 5.75 Å². The van der Waals surface area contributed by atoms with E-state index in [0.29, 0.717) is 12.1 Å². The molecule has 5 heteroatoms. The van der Waals surface area contributed by atoms with Crippen molar-refractivity contribution in [2.45, 2.75) is 6.42 Å². The molecule has 0 fully saturated rings. The van der Waals surface area contributed by atoms with Crippen LogP contribution in [0.2, 0.25) is 0 Å². The van der Waals surface area contributed by atoms with E-state index in [9.17, 15) is 5.11 Å². The van der Waals surface area contributed by atoms with Crippen LogP contribution in [-0.4, -0.2) is 19.7 Å². The Balaban J connectivity index is 2.03. The molecule has 3 rings (SSSR count). The van der Waals surface area contributed by atoms with E-state index in [-0.39, 0.29) is 5.75 Å². The first kappa shape index (κ1) is 10.6. The van der Waals surface area contributed by atoms with Crippen LogP contribution in [0.15, 0.2) is 42.9 Å². The van der Waals surface area contributed by atoms with Gasteiger partial charge in [-0.15, -0.1) is 0 Å². The molecule has 1 aromatic carbocycles. The minimum Gasteiger partial charge on any atom is -0.508 e. The van der Waals surface area contributed by atoms with Crippen molar-refractivity contribution in [1.82, 2.24) is 14.6 Å². The molecule has 0 aliphatic rings. The lowest BCUT2D eigenvalue weighted by Gasteiger charge is -2.02. The van der Waals surface area contributed by atoms with Crippen molar-refractivity contribution in [1.29, 1.82) is 0 Å². The summed E-state index contributed by atoms with van der Waals surface area (Å²) in [4.78, 5) is 4.26. The number of aromatic hydroxyl groups is 1. The van der Waals surface area contributed by atoms with Crippen molar-refractivity contribution in [3.8, 4) is 5.75 Å². The smallest absolute Gasteiger partial charge is 0.158 e. The number of hydrogen-bond donors (Lipinski definition) is 2. The molecule has 0 saturated heterocycles. The predicted octanol–water partition coefficient (Wildman–Crippen LogP) is 1.61. The average molecular weight is 240 g/mol. The number of phenolic OH excluding ortho intramolecular Hbond substituents is 1. The molecule has 18 heavy (non-hydrogen) atoms. The van der Waals surface area contributed by atoms with Gasteiger partial charge in [0.25, 0.3) is 0 Å². The van der Waals surface area contributed by atoms with Crippen LogP contribution in [0, 0.1) is 0 Å². The van der Waals surface area contributed by atoms with E-state index in [2.05, 4.69) is 10.1 Å². The van der Waals surface area contributed by atoms with E-state index in [1.54, 1.807) is 35.2 Å². The molecule has 2 aromatic heterocycles. The van der Waals surface area contributed by atoms with Crippen LogP contribution in [-0.2, 0) is 6.42 Å². The molecule has 3 aromatic rings. The summed E-state index contributed by atoms with van der Waals surface area (Å²) in [5, 5.41) is 14.0. The van der Waals surface area contributed by atoms with E-state index in [4.69, 9.17) is 5.73 Å². The highest BCUT2D eigenvalue weighted by Gasteiger charge is 2.08. The molecule has 2 heterocycles. The molecular weight excluding hydrogens is 228 g/mol. The number of nitrogens with two attached hydrogens (primary N) is 1. The van der Waals surface area contributed by atoms with Crippen LogP contribution >= 0.6 is 0 Å². The van der Waals surface area contributed by atoms with Crippen LogP contribution < -0.4 is 5.73 Å². The maximum absolute atomic E-state index is 9.76. The third kappa shape index (κ3) is 1.75. The number of anilines is 1. The first-order valence-corrected chi connectivity index (χ1v) is 5.58. The fourth-order valence-corrected chi connectivity index (χ4v) is 1.93. The Hall–Kier alpha value is -2.56. The molecule has 0 saturated carbocycles. The van der Waals surface area contributed by atoms with Crippen molar-refractivity contribution in [2.24, 2.45) is 0 Å². The second kappa shape index (κ2) is 4.03. The normalized spacial score (nSPS) is 10.9. The Bertz CT molecular complexity index is 705. The van der Waals surface area contributed by atoms with Gasteiger partial charge >= 0.3 is 0 Å². The first-order valence-electron chi connectivity index (χ1n) is 5.58. The fraction of sp³-hybridized carbons (Fsp3) is 0.0769. The highest BCUT2D eigenvalue weighted by molar-refractivity contribution is 5.52. The van der Waals surface area contributed by atoms with Gasteiger partial charge in [-0.3, -0.25) is 0 Å². The number of para-hydroxylation sites is 1. The molecule has 3 N–H and O–H groups in total. The number of phenols is 1. The van der Waals surface area contributed by atoms with E-state index < -0.39 is 0 Å². The number of hydrogen-bond acceptors (Lipinski definition) is 4. The molecule has 90 valence electrons. The Morgan fingerprint density at radius 3 is 2.83 bits per heavy atom. The Morgan fingerprint density at radius 1 is 1.17 bits per heavy atom. The molecule has 0 aliphatic heterocycles. The van der Waals surface area contributed by atoms with Gasteiger partial charge < -0.3 is 10.8 Å². The number of benzene rings is 1. The number of nitrogens with zero attached hydrogens (tertiary/aromatic N) is 3. The van der Waals surface area contributed by atoms with Gasteiger partial charge in [0, 0.05) is 12.0 Å². The van der Waals surface area contributed by atoms with Gasteiger partial charge in [-0.1, -0.05) is 18.2 Å². The first-order chi connectivity index (χ1) is 8.74. The van der Waals surface area contributed by atoms with E-state index in [1.165, 1.54) is 0 Å². The van der Waals surface area contributed by atoms with Crippen molar-refractivity contribution >= 4 is 11.3 Å². The van der Waals surface area contributed by atoms with Gasteiger partial charge in [0.1, 0.15) is 5.75 Å². The summed E-state index contributed by atoms with van der Waals surface area (Å²) in [6.07, 6.45) is 5.66. The molecule has 0 aliphatic carbocycles. The quantitative estimate of drug-likeness (QED) is 0.713. The van der Waals surface area contributed by atoms with Crippen LogP contribution in [0.4, 0.5) is 5.69 Å². The zero-order valence-electron chi connectivity index (χ0n) is 9.61. The summed E-state index contributed by atoms with van der Waals surface area (Å²) in [6, 6.07) is 7.25. The molecule has 0 bridgehead atoms. The summed E-state index contributed by atoms with van der Waals surface area (Å²) in [5.74, 6) is 0.285. The molecule has 5 nitrogen and oxygen atoms in total. The van der Waals surface area contributed by atoms with Gasteiger partial charge in [0.15, 0.2) is 5.65 Å². The summed E-state index contributed by atoms with van der Waals surface area (Å²) in [5.41, 5.74) is 8.78. The van der Waals surface area contributed by atoms with Crippen molar-refractivity contribution in [2.75, 3.05) is 5.73 Å². The minimum atomic E-state index is 0.285. The van der Waals surface area contributed by atoms with Gasteiger partial charge in [0.05, 0.1) is 24.3 Å². The van der Waals surface area contributed by atoms with Crippen molar-refractivity contribution in [3.63, 3.8) is 0 Å². The van der Waals surface area contributed by atoms with Crippen molar-refractivity contribution in [3.05, 3.63) is 54.0 Å². The second-order valence-electron chi connectivity index (χ2n) is 4.13. The molecular formula is C13H12N4O. The highest BCUT2D eigenvalue weighted by Crippen LogP contribution is 2.21. The standard InChI is InChI=1S/C13H12N4O/c14-11-7-15-13-10(6-16-17(13)8-11)5-9-3-1-2-4-12(9)18/h1-4,6-8,18H,5,14H2. The lowest BCUT2D eigenvalue weighted by molar-refractivity contribution is 0.469. The maximum atomic E-state index is 9.76. The number of fused-ring (bicyclic) bond motifs is 1. The average Bonchev–Trinajstić information content (AvgIpc) is 2.74. The molecule has 0 unspecified atom stereocenters. The zero-order valence-corrected chi connectivity index (χ0v) is 9.61. The number of nitrogen functional groups attached to an aromatic ring is 1. The SMILES string of the molecule is Nc1cnc2c(Cc3ccccc3O)cnn2c1. The van der Waals surface area contributed by atoms with Crippen molar-refractivity contribution < 1.29 is 5.11 Å². The molecule has 0 amide bonds.